The van der Waals surface area contributed by atoms with Crippen molar-refractivity contribution in [1.82, 2.24) is 15.3 Å². The number of nitrogen functional groups attached to an aromatic ring is 2. The molecule has 0 radical (unpaired) electrons. The van der Waals surface area contributed by atoms with Crippen molar-refractivity contribution in [3.05, 3.63) is 46.2 Å². The first-order chi connectivity index (χ1) is 10.5. The molecule has 0 aliphatic carbocycles. The Labute approximate surface area is 133 Å². The van der Waals surface area contributed by atoms with Crippen molar-refractivity contribution in [2.75, 3.05) is 18.0 Å². The van der Waals surface area contributed by atoms with Gasteiger partial charge in [0.2, 0.25) is 0 Å². The number of amides is 1. The summed E-state index contributed by atoms with van der Waals surface area (Å²) >= 11 is 5.75. The van der Waals surface area contributed by atoms with Crippen LogP contribution in [0.15, 0.2) is 24.3 Å². The molecule has 0 aliphatic rings. The molecule has 0 atom stereocenters. The van der Waals surface area contributed by atoms with Crippen LogP contribution in [0.1, 0.15) is 28.0 Å². The molecule has 1 amide bonds. The van der Waals surface area contributed by atoms with Crippen molar-refractivity contribution in [1.29, 1.82) is 0 Å². The highest BCUT2D eigenvalue weighted by atomic mass is 35.5. The second-order valence-electron chi connectivity index (χ2n) is 4.92. The molecule has 5 N–H and O–H groups in total. The van der Waals surface area contributed by atoms with Gasteiger partial charge in [-0.25, -0.2) is 9.97 Å². The van der Waals surface area contributed by atoms with E-state index in [9.17, 15) is 4.79 Å². The zero-order valence-corrected chi connectivity index (χ0v) is 13.0. The summed E-state index contributed by atoms with van der Waals surface area (Å²) in [5.41, 5.74) is 13.6. The summed E-state index contributed by atoms with van der Waals surface area (Å²) in [5, 5.41) is 2.73. The summed E-state index contributed by atoms with van der Waals surface area (Å²) in [7, 11) is 0. The molecule has 0 fully saturated rings. The van der Waals surface area contributed by atoms with E-state index in [1.165, 1.54) is 11.1 Å². The standard InChI is InChI=1S/C15H18ClN5O/c1-9-5-2-3-6-10(9)7-4-8-19-15(22)11-13(17)21-14(18)12(16)20-11/h2-3,5-6H,4,7-8H2,1H3,(H,19,22)(H4,17,18,21). The number of benzene rings is 1. The van der Waals surface area contributed by atoms with Gasteiger partial charge in [-0.1, -0.05) is 35.9 Å². The van der Waals surface area contributed by atoms with Gasteiger partial charge in [0, 0.05) is 6.54 Å². The van der Waals surface area contributed by atoms with Crippen LogP contribution in [-0.4, -0.2) is 22.4 Å². The van der Waals surface area contributed by atoms with Gasteiger partial charge in [0.15, 0.2) is 22.5 Å². The highest BCUT2D eigenvalue weighted by Gasteiger charge is 2.15. The van der Waals surface area contributed by atoms with Crippen molar-refractivity contribution in [2.24, 2.45) is 0 Å². The number of hydrogen-bond donors (Lipinski definition) is 3. The van der Waals surface area contributed by atoms with Gasteiger partial charge < -0.3 is 16.8 Å². The molecule has 0 saturated carbocycles. The minimum Gasteiger partial charge on any atom is -0.382 e. The van der Waals surface area contributed by atoms with Crippen LogP contribution < -0.4 is 16.8 Å². The van der Waals surface area contributed by atoms with Crippen LogP contribution in [0.3, 0.4) is 0 Å². The second-order valence-corrected chi connectivity index (χ2v) is 5.28. The van der Waals surface area contributed by atoms with Gasteiger partial charge in [-0.3, -0.25) is 4.79 Å². The number of anilines is 2. The van der Waals surface area contributed by atoms with Gasteiger partial charge in [-0.05, 0) is 30.9 Å². The fraction of sp³-hybridized carbons (Fsp3) is 0.267. The first kappa shape index (κ1) is 16.0. The number of hydrogen-bond acceptors (Lipinski definition) is 5. The minimum atomic E-state index is -0.406. The summed E-state index contributed by atoms with van der Waals surface area (Å²) < 4.78 is 0. The monoisotopic (exact) mass is 319 g/mol. The fourth-order valence-electron chi connectivity index (χ4n) is 2.06. The number of rotatable bonds is 5. The summed E-state index contributed by atoms with van der Waals surface area (Å²) in [6.07, 6.45) is 1.70. The lowest BCUT2D eigenvalue weighted by Crippen LogP contribution is -2.27. The normalized spacial score (nSPS) is 10.5. The molecule has 116 valence electrons. The lowest BCUT2D eigenvalue weighted by Gasteiger charge is -2.08. The first-order valence-electron chi connectivity index (χ1n) is 6.90. The molecule has 0 unspecified atom stereocenters. The zero-order valence-electron chi connectivity index (χ0n) is 12.3. The molecule has 7 heteroatoms. The summed E-state index contributed by atoms with van der Waals surface area (Å²) in [6.45, 7) is 2.58. The number of halogens is 1. The highest BCUT2D eigenvalue weighted by molar-refractivity contribution is 6.31. The van der Waals surface area contributed by atoms with Crippen LogP contribution in [0.2, 0.25) is 5.15 Å². The average molecular weight is 320 g/mol. The van der Waals surface area contributed by atoms with E-state index >= 15 is 0 Å². The SMILES string of the molecule is Cc1ccccc1CCCNC(=O)c1nc(Cl)c(N)nc1N. The van der Waals surface area contributed by atoms with Gasteiger partial charge in [-0.2, -0.15) is 0 Å². The van der Waals surface area contributed by atoms with E-state index in [-0.39, 0.29) is 22.5 Å². The maximum absolute atomic E-state index is 12.0. The smallest absolute Gasteiger partial charge is 0.273 e. The Hall–Kier alpha value is -2.34. The van der Waals surface area contributed by atoms with Crippen LogP contribution in [0.5, 0.6) is 0 Å². The molecule has 1 heterocycles. The Morgan fingerprint density at radius 2 is 1.95 bits per heavy atom. The van der Waals surface area contributed by atoms with Crippen LogP contribution in [0.4, 0.5) is 11.6 Å². The van der Waals surface area contributed by atoms with Gasteiger partial charge in [0.25, 0.3) is 5.91 Å². The topological polar surface area (TPSA) is 107 Å². The molecule has 22 heavy (non-hydrogen) atoms. The number of carbonyl (C=O) groups is 1. The van der Waals surface area contributed by atoms with E-state index < -0.39 is 5.91 Å². The number of nitrogens with two attached hydrogens (primary N) is 2. The van der Waals surface area contributed by atoms with Crippen LogP contribution >= 0.6 is 11.6 Å². The second kappa shape index (κ2) is 7.09. The predicted octanol–water partition coefficient (Wildman–Crippen LogP) is 1.97. The van der Waals surface area contributed by atoms with Crippen LogP contribution in [0, 0.1) is 6.92 Å². The van der Waals surface area contributed by atoms with Crippen LogP contribution in [-0.2, 0) is 6.42 Å². The van der Waals surface area contributed by atoms with Gasteiger partial charge >= 0.3 is 0 Å². The molecule has 2 aromatic rings. The third kappa shape index (κ3) is 3.85. The van der Waals surface area contributed by atoms with Crippen molar-refractivity contribution in [2.45, 2.75) is 19.8 Å². The predicted molar refractivity (Wildman–Crippen MR) is 87.7 cm³/mol. The van der Waals surface area contributed by atoms with Gasteiger partial charge in [-0.15, -0.1) is 0 Å². The fourth-order valence-corrected chi connectivity index (χ4v) is 2.19. The maximum Gasteiger partial charge on any atom is 0.273 e. The van der Waals surface area contributed by atoms with E-state index in [0.29, 0.717) is 6.54 Å². The van der Waals surface area contributed by atoms with Gasteiger partial charge in [0.05, 0.1) is 0 Å². The van der Waals surface area contributed by atoms with E-state index in [2.05, 4.69) is 34.3 Å². The van der Waals surface area contributed by atoms with Crippen molar-refractivity contribution >= 4 is 29.1 Å². The number of nitrogens with zero attached hydrogens (tertiary/aromatic N) is 2. The van der Waals surface area contributed by atoms with Crippen molar-refractivity contribution in [3.8, 4) is 0 Å². The van der Waals surface area contributed by atoms with Crippen molar-refractivity contribution < 1.29 is 4.79 Å². The van der Waals surface area contributed by atoms with Crippen LogP contribution in [0.25, 0.3) is 0 Å². The van der Waals surface area contributed by atoms with E-state index in [0.717, 1.165) is 12.8 Å². The van der Waals surface area contributed by atoms with Crippen molar-refractivity contribution in [3.63, 3.8) is 0 Å². The Morgan fingerprint density at radius 3 is 2.68 bits per heavy atom. The molecule has 0 saturated heterocycles. The number of aromatic nitrogens is 2. The third-order valence-corrected chi connectivity index (χ3v) is 3.57. The molecule has 1 aromatic carbocycles. The summed E-state index contributed by atoms with van der Waals surface area (Å²) in [4.78, 5) is 19.7. The molecule has 0 aliphatic heterocycles. The van der Waals surface area contributed by atoms with E-state index in [4.69, 9.17) is 23.1 Å². The Bertz CT molecular complexity index is 690. The largest absolute Gasteiger partial charge is 0.382 e. The zero-order chi connectivity index (χ0) is 16.1. The first-order valence-corrected chi connectivity index (χ1v) is 7.28. The molecule has 2 rings (SSSR count). The lowest BCUT2D eigenvalue weighted by atomic mass is 10.0. The molecule has 0 bridgehead atoms. The Kier molecular flexibility index (Phi) is 5.16. The molecule has 6 nitrogen and oxygen atoms in total. The molecular formula is C15H18ClN5O. The maximum atomic E-state index is 12.0. The lowest BCUT2D eigenvalue weighted by molar-refractivity contribution is 0.0949. The van der Waals surface area contributed by atoms with E-state index in [1.54, 1.807) is 0 Å². The third-order valence-electron chi connectivity index (χ3n) is 3.29. The number of nitrogens with one attached hydrogen (secondary N) is 1. The summed E-state index contributed by atoms with van der Waals surface area (Å²) in [6, 6.07) is 8.17. The molecule has 0 spiro atoms. The van der Waals surface area contributed by atoms with E-state index in [1.807, 2.05) is 12.1 Å². The summed E-state index contributed by atoms with van der Waals surface area (Å²) in [5.74, 6) is -0.426. The average Bonchev–Trinajstić information content (AvgIpc) is 2.49. The number of aryl methyl sites for hydroxylation is 2. The van der Waals surface area contributed by atoms with Gasteiger partial charge in [0.1, 0.15) is 0 Å². The molecular weight excluding hydrogens is 302 g/mol. The quantitative estimate of drug-likeness (QED) is 0.730. The Morgan fingerprint density at radius 1 is 1.23 bits per heavy atom. The minimum absolute atomic E-state index is 0.00454. The number of carbonyl (C=O) groups excluding carboxylic acids is 1. The Balaban J connectivity index is 1.88. The highest BCUT2D eigenvalue weighted by Crippen LogP contribution is 2.17. The molecule has 1 aromatic heterocycles.